The Bertz CT molecular complexity index is 1000. The molecule has 1 aromatic rings. The fraction of sp³-hybridized carbons (Fsp3) is 0.704. The maximum atomic E-state index is 13.9. The van der Waals surface area contributed by atoms with Crippen molar-refractivity contribution in [1.82, 2.24) is 25.5 Å². The summed E-state index contributed by atoms with van der Waals surface area (Å²) in [5.74, 6) is -2.20. The van der Waals surface area contributed by atoms with Crippen LogP contribution in [0.3, 0.4) is 0 Å². The Morgan fingerprint density at radius 3 is 2.35 bits per heavy atom. The molecule has 1 aromatic heterocycles. The zero-order valence-electron chi connectivity index (χ0n) is 22.0. The summed E-state index contributed by atoms with van der Waals surface area (Å²) in [5.41, 5.74) is -0.549. The zero-order valence-corrected chi connectivity index (χ0v) is 22.0. The molecule has 4 rings (SSSR count). The lowest BCUT2D eigenvalue weighted by Crippen LogP contribution is -2.61. The summed E-state index contributed by atoms with van der Waals surface area (Å²) in [6.45, 7) is 5.97. The van der Waals surface area contributed by atoms with Gasteiger partial charge in [-0.2, -0.15) is 0 Å². The second-order valence-electron chi connectivity index (χ2n) is 11.9. The molecule has 0 spiro atoms. The van der Waals surface area contributed by atoms with Crippen LogP contribution in [0.2, 0.25) is 0 Å². The molecule has 0 aromatic carbocycles. The number of nitrogens with zero attached hydrogens (tertiary/aromatic N) is 3. The summed E-state index contributed by atoms with van der Waals surface area (Å²) in [7, 11) is 0. The molecule has 202 valence electrons. The molecule has 3 fully saturated rings. The molecule has 2 aliphatic carbocycles. The van der Waals surface area contributed by atoms with Crippen molar-refractivity contribution in [1.29, 1.82) is 0 Å². The quantitative estimate of drug-likeness (QED) is 0.508. The number of hydrogen-bond acceptors (Lipinski definition) is 6. The average Bonchev–Trinajstić information content (AvgIpc) is 3.47. The van der Waals surface area contributed by atoms with Gasteiger partial charge < -0.3 is 20.6 Å². The van der Waals surface area contributed by atoms with Gasteiger partial charge in [-0.25, -0.2) is 9.78 Å². The second kappa shape index (κ2) is 11.1. The van der Waals surface area contributed by atoms with E-state index in [9.17, 15) is 24.3 Å². The van der Waals surface area contributed by atoms with Gasteiger partial charge in [-0.05, 0) is 48.9 Å². The smallest absolute Gasteiger partial charge is 0.326 e. The molecule has 10 heteroatoms. The molecular formula is C27H39N5O5. The van der Waals surface area contributed by atoms with E-state index < -0.39 is 41.3 Å². The standard InChI is InChI=1S/C27H39N5O5/c1-27(2,3)22(25(35)32-15-17-10-7-11-18(17)21(32)26(36)37)31-24(34)20(16-8-5-4-6-9-16)30-23(33)19-14-28-12-13-29-19/h12-14,16-18,20-22H,4-11,15H2,1-3H3,(H,30,33)(H,31,34)(H,36,37)/t17-,18-,20+,21-,22+/m0/s1. The summed E-state index contributed by atoms with van der Waals surface area (Å²) in [5, 5.41) is 15.8. The van der Waals surface area contributed by atoms with Gasteiger partial charge in [-0.1, -0.05) is 46.5 Å². The Morgan fingerprint density at radius 2 is 1.73 bits per heavy atom. The van der Waals surface area contributed by atoms with Crippen molar-refractivity contribution in [3.8, 4) is 0 Å². The van der Waals surface area contributed by atoms with E-state index in [1.165, 1.54) is 23.5 Å². The molecule has 3 N–H and O–H groups in total. The monoisotopic (exact) mass is 513 g/mol. The van der Waals surface area contributed by atoms with Crippen molar-refractivity contribution in [2.45, 2.75) is 90.3 Å². The summed E-state index contributed by atoms with van der Waals surface area (Å²) < 4.78 is 0. The average molecular weight is 514 g/mol. The molecule has 1 aliphatic heterocycles. The third kappa shape index (κ3) is 5.93. The van der Waals surface area contributed by atoms with Gasteiger partial charge in [-0.3, -0.25) is 19.4 Å². The first-order valence-electron chi connectivity index (χ1n) is 13.5. The molecule has 1 saturated heterocycles. The highest BCUT2D eigenvalue weighted by molar-refractivity contribution is 5.97. The highest BCUT2D eigenvalue weighted by Crippen LogP contribution is 2.43. The lowest BCUT2D eigenvalue weighted by atomic mass is 9.82. The Kier molecular flexibility index (Phi) is 8.14. The Balaban J connectivity index is 1.56. The predicted octanol–water partition coefficient (Wildman–Crippen LogP) is 2.40. The third-order valence-corrected chi connectivity index (χ3v) is 8.31. The minimum absolute atomic E-state index is 0.0426. The van der Waals surface area contributed by atoms with Crippen molar-refractivity contribution >= 4 is 23.7 Å². The highest BCUT2D eigenvalue weighted by Gasteiger charge is 2.52. The number of amides is 3. The van der Waals surface area contributed by atoms with Gasteiger partial charge in [0, 0.05) is 18.9 Å². The first kappa shape index (κ1) is 27.0. The van der Waals surface area contributed by atoms with Crippen LogP contribution >= 0.6 is 0 Å². The van der Waals surface area contributed by atoms with E-state index in [1.54, 1.807) is 0 Å². The number of aromatic nitrogens is 2. The van der Waals surface area contributed by atoms with Gasteiger partial charge in [0.05, 0.1) is 6.20 Å². The fourth-order valence-electron chi connectivity index (χ4n) is 6.39. The lowest BCUT2D eigenvalue weighted by Gasteiger charge is -2.37. The summed E-state index contributed by atoms with van der Waals surface area (Å²) in [6.07, 6.45) is 11.5. The van der Waals surface area contributed by atoms with Crippen molar-refractivity contribution in [2.24, 2.45) is 23.2 Å². The van der Waals surface area contributed by atoms with Gasteiger partial charge in [-0.15, -0.1) is 0 Å². The Labute approximate surface area is 218 Å². The van der Waals surface area contributed by atoms with Crippen LogP contribution in [0, 0.1) is 23.2 Å². The van der Waals surface area contributed by atoms with Crippen LogP contribution in [0.4, 0.5) is 0 Å². The maximum absolute atomic E-state index is 13.9. The number of fused-ring (bicyclic) bond motifs is 1. The molecular weight excluding hydrogens is 474 g/mol. The van der Waals surface area contributed by atoms with Crippen LogP contribution in [-0.4, -0.2) is 68.3 Å². The molecule has 10 nitrogen and oxygen atoms in total. The molecule has 3 amide bonds. The van der Waals surface area contributed by atoms with Gasteiger partial charge in [0.25, 0.3) is 5.91 Å². The van der Waals surface area contributed by atoms with E-state index in [2.05, 4.69) is 20.6 Å². The minimum atomic E-state index is -0.988. The van der Waals surface area contributed by atoms with E-state index in [1.807, 2.05) is 20.8 Å². The van der Waals surface area contributed by atoms with E-state index in [-0.39, 0.29) is 29.4 Å². The minimum Gasteiger partial charge on any atom is -0.480 e. The van der Waals surface area contributed by atoms with Crippen LogP contribution in [-0.2, 0) is 14.4 Å². The molecule has 2 saturated carbocycles. The number of likely N-dealkylation sites (tertiary alicyclic amines) is 1. The van der Waals surface area contributed by atoms with Crippen molar-refractivity contribution in [3.05, 3.63) is 24.3 Å². The number of nitrogens with one attached hydrogen (secondary N) is 2. The van der Waals surface area contributed by atoms with Crippen molar-refractivity contribution < 1.29 is 24.3 Å². The summed E-state index contributed by atoms with van der Waals surface area (Å²) in [6, 6.07) is -2.63. The van der Waals surface area contributed by atoms with Crippen LogP contribution in [0.25, 0.3) is 0 Å². The molecule has 0 unspecified atom stereocenters. The first-order valence-corrected chi connectivity index (χ1v) is 13.5. The van der Waals surface area contributed by atoms with Gasteiger partial charge in [0.15, 0.2) is 0 Å². The number of carboxylic acids is 1. The van der Waals surface area contributed by atoms with Crippen LogP contribution in [0.15, 0.2) is 18.6 Å². The molecule has 0 bridgehead atoms. The Hall–Kier alpha value is -3.04. The largest absolute Gasteiger partial charge is 0.480 e. The van der Waals surface area contributed by atoms with Gasteiger partial charge >= 0.3 is 5.97 Å². The number of carboxylic acid groups (broad SMARTS) is 1. The van der Waals surface area contributed by atoms with Crippen LogP contribution in [0.5, 0.6) is 0 Å². The van der Waals surface area contributed by atoms with Gasteiger partial charge in [0.2, 0.25) is 11.8 Å². The second-order valence-corrected chi connectivity index (χ2v) is 11.9. The van der Waals surface area contributed by atoms with Gasteiger partial charge in [0.1, 0.15) is 23.8 Å². The normalized spacial score (nSPS) is 25.7. The van der Waals surface area contributed by atoms with E-state index in [0.29, 0.717) is 6.54 Å². The molecule has 0 radical (unpaired) electrons. The number of carbonyl (C=O) groups excluding carboxylic acids is 3. The number of aliphatic carboxylic acids is 1. The highest BCUT2D eigenvalue weighted by atomic mass is 16.4. The van der Waals surface area contributed by atoms with E-state index in [0.717, 1.165) is 51.4 Å². The topological polar surface area (TPSA) is 142 Å². The number of rotatable bonds is 7. The zero-order chi connectivity index (χ0) is 26.7. The first-order chi connectivity index (χ1) is 17.6. The number of carbonyl (C=O) groups is 4. The third-order valence-electron chi connectivity index (χ3n) is 8.31. The predicted molar refractivity (Wildman–Crippen MR) is 135 cm³/mol. The molecule has 5 atom stereocenters. The number of hydrogen-bond donors (Lipinski definition) is 3. The Morgan fingerprint density at radius 1 is 1.00 bits per heavy atom. The molecule has 3 aliphatic rings. The SMILES string of the molecule is CC(C)(C)[C@H](NC(=O)[C@H](NC(=O)c1cnccn1)C1CCCCC1)C(=O)N1C[C@@H]2CCC[C@@H]2[C@H]1C(=O)O. The maximum Gasteiger partial charge on any atom is 0.326 e. The lowest BCUT2D eigenvalue weighted by molar-refractivity contribution is -0.152. The van der Waals surface area contributed by atoms with Crippen LogP contribution in [0.1, 0.15) is 82.6 Å². The fourth-order valence-corrected chi connectivity index (χ4v) is 6.39. The van der Waals surface area contributed by atoms with E-state index >= 15 is 0 Å². The summed E-state index contributed by atoms with van der Waals surface area (Å²) >= 11 is 0. The van der Waals surface area contributed by atoms with Crippen LogP contribution < -0.4 is 10.6 Å². The molecule has 2 heterocycles. The van der Waals surface area contributed by atoms with Crippen molar-refractivity contribution in [2.75, 3.05) is 6.54 Å². The summed E-state index contributed by atoms with van der Waals surface area (Å²) in [4.78, 5) is 62.2. The van der Waals surface area contributed by atoms with E-state index in [4.69, 9.17) is 0 Å². The van der Waals surface area contributed by atoms with Crippen molar-refractivity contribution in [3.63, 3.8) is 0 Å². The molecule has 37 heavy (non-hydrogen) atoms.